The summed E-state index contributed by atoms with van der Waals surface area (Å²) in [4.78, 5) is 28.2. The smallest absolute Gasteiger partial charge is 0.456 e. The average Bonchev–Trinajstić information content (AvgIpc) is 2.94. The van der Waals surface area contributed by atoms with E-state index < -0.39 is 29.5 Å². The number of aromatic amines is 1. The van der Waals surface area contributed by atoms with Crippen LogP contribution in [0, 0.1) is 0 Å². The van der Waals surface area contributed by atoms with Crippen LogP contribution in [0.2, 0.25) is 0 Å². The van der Waals surface area contributed by atoms with Gasteiger partial charge in [0.2, 0.25) is 0 Å². The Labute approximate surface area is 143 Å². The molecule has 1 aromatic rings. The minimum atomic E-state index is -4.96. The second kappa shape index (κ2) is 6.93. The number of carbonyl (C=O) groups is 2. The van der Waals surface area contributed by atoms with Crippen molar-refractivity contribution in [1.29, 1.82) is 0 Å². The standard InChI is InChI=1S/C17H21F3N2O3/c1-5-25-16(24)12-8-22(4)7-9(2)14-11(10(12)3)6-13(21-14)15(23)17(18,19)20/h6,8-10,21H,5,7H2,1-4H3/b12-8+. The van der Waals surface area contributed by atoms with Crippen molar-refractivity contribution in [3.8, 4) is 0 Å². The fourth-order valence-electron chi connectivity index (χ4n) is 3.06. The molecule has 25 heavy (non-hydrogen) atoms. The van der Waals surface area contributed by atoms with Crippen LogP contribution in [0.1, 0.15) is 54.4 Å². The molecule has 0 amide bonds. The molecule has 0 saturated heterocycles. The van der Waals surface area contributed by atoms with E-state index in [0.717, 1.165) is 0 Å². The largest absolute Gasteiger partial charge is 0.463 e. The molecule has 1 aromatic heterocycles. The van der Waals surface area contributed by atoms with Gasteiger partial charge in [0.15, 0.2) is 0 Å². The molecular formula is C17H21F3N2O3. The van der Waals surface area contributed by atoms with Crippen molar-refractivity contribution in [3.63, 3.8) is 0 Å². The maximum atomic E-state index is 12.8. The summed E-state index contributed by atoms with van der Waals surface area (Å²) in [5.74, 6) is -3.09. The van der Waals surface area contributed by atoms with Gasteiger partial charge in [-0.3, -0.25) is 4.79 Å². The number of aromatic nitrogens is 1. The van der Waals surface area contributed by atoms with Gasteiger partial charge in [0.1, 0.15) is 0 Å². The molecule has 2 heterocycles. The Balaban J connectivity index is 2.52. The molecule has 2 rings (SSSR count). The number of nitrogens with zero attached hydrogens (tertiary/aromatic N) is 1. The number of hydrogen-bond donors (Lipinski definition) is 1. The van der Waals surface area contributed by atoms with Gasteiger partial charge in [0, 0.05) is 37.3 Å². The molecule has 1 aliphatic heterocycles. The number of halogens is 3. The molecule has 1 aliphatic rings. The highest BCUT2D eigenvalue weighted by atomic mass is 19.4. The highest BCUT2D eigenvalue weighted by molar-refractivity contribution is 5.99. The van der Waals surface area contributed by atoms with E-state index in [1.54, 1.807) is 32.0 Å². The second-order valence-electron chi connectivity index (χ2n) is 6.25. The van der Waals surface area contributed by atoms with Gasteiger partial charge in [-0.25, -0.2) is 4.79 Å². The lowest BCUT2D eigenvalue weighted by atomic mass is 9.88. The molecule has 8 heteroatoms. The minimum absolute atomic E-state index is 0.141. The number of carbonyl (C=O) groups excluding carboxylic acids is 2. The van der Waals surface area contributed by atoms with E-state index in [1.807, 2.05) is 6.92 Å². The van der Waals surface area contributed by atoms with Gasteiger partial charge in [-0.15, -0.1) is 0 Å². The average molecular weight is 358 g/mol. The molecule has 2 unspecified atom stereocenters. The van der Waals surface area contributed by atoms with E-state index in [2.05, 4.69) is 4.98 Å². The number of likely N-dealkylation sites (N-methyl/N-ethyl adjacent to an activating group) is 1. The SMILES string of the molecule is CCOC(=O)/C1=C/N(C)CC(C)c2[nH]c(C(=O)C(F)(F)F)cc2C1C. The van der Waals surface area contributed by atoms with Crippen LogP contribution in [-0.2, 0) is 9.53 Å². The van der Waals surface area contributed by atoms with E-state index in [1.165, 1.54) is 6.07 Å². The van der Waals surface area contributed by atoms with Crippen molar-refractivity contribution in [2.75, 3.05) is 20.2 Å². The molecule has 0 saturated carbocycles. The number of fused-ring (bicyclic) bond motifs is 1. The molecule has 5 nitrogen and oxygen atoms in total. The third kappa shape index (κ3) is 3.88. The summed E-state index contributed by atoms with van der Waals surface area (Å²) in [5, 5.41) is 0. The van der Waals surface area contributed by atoms with Crippen LogP contribution in [0.3, 0.4) is 0 Å². The Bertz CT molecular complexity index is 706. The van der Waals surface area contributed by atoms with E-state index in [9.17, 15) is 22.8 Å². The molecule has 0 spiro atoms. The van der Waals surface area contributed by atoms with E-state index in [0.29, 0.717) is 23.4 Å². The predicted octanol–water partition coefficient (Wildman–Crippen LogP) is 3.36. The first-order valence-electron chi connectivity index (χ1n) is 7.99. The van der Waals surface area contributed by atoms with Gasteiger partial charge in [-0.05, 0) is 18.6 Å². The molecule has 0 aromatic carbocycles. The molecule has 0 radical (unpaired) electrons. The number of ether oxygens (including phenoxy) is 1. The van der Waals surface area contributed by atoms with Crippen molar-refractivity contribution in [2.45, 2.75) is 38.8 Å². The third-order valence-electron chi connectivity index (χ3n) is 4.24. The number of ketones is 1. The van der Waals surface area contributed by atoms with Gasteiger partial charge in [0.25, 0.3) is 5.78 Å². The number of nitrogens with one attached hydrogen (secondary N) is 1. The molecule has 2 atom stereocenters. The zero-order chi connectivity index (χ0) is 18.9. The minimum Gasteiger partial charge on any atom is -0.463 e. The van der Waals surface area contributed by atoms with Crippen LogP contribution < -0.4 is 0 Å². The summed E-state index contributed by atoms with van der Waals surface area (Å²) in [5.41, 5.74) is 0.862. The lowest BCUT2D eigenvalue weighted by Gasteiger charge is -2.27. The van der Waals surface area contributed by atoms with Crippen molar-refractivity contribution < 1.29 is 27.5 Å². The maximum Gasteiger partial charge on any atom is 0.456 e. The van der Waals surface area contributed by atoms with Crippen molar-refractivity contribution in [3.05, 3.63) is 34.8 Å². The van der Waals surface area contributed by atoms with Crippen LogP contribution in [0.25, 0.3) is 0 Å². The fourth-order valence-corrected chi connectivity index (χ4v) is 3.06. The fraction of sp³-hybridized carbons (Fsp3) is 0.529. The maximum absolute atomic E-state index is 12.8. The number of alkyl halides is 3. The van der Waals surface area contributed by atoms with E-state index in [4.69, 9.17) is 4.74 Å². The van der Waals surface area contributed by atoms with E-state index >= 15 is 0 Å². The lowest BCUT2D eigenvalue weighted by Crippen LogP contribution is -2.26. The monoisotopic (exact) mass is 358 g/mol. The first-order chi connectivity index (χ1) is 11.6. The number of esters is 1. The Morgan fingerprint density at radius 1 is 1.36 bits per heavy atom. The molecule has 138 valence electrons. The Kier molecular flexibility index (Phi) is 5.29. The topological polar surface area (TPSA) is 62.4 Å². The third-order valence-corrected chi connectivity index (χ3v) is 4.24. The summed E-state index contributed by atoms with van der Waals surface area (Å²) in [7, 11) is 1.78. The highest BCUT2D eigenvalue weighted by Gasteiger charge is 2.41. The van der Waals surface area contributed by atoms with Crippen LogP contribution in [0.4, 0.5) is 13.2 Å². The predicted molar refractivity (Wildman–Crippen MR) is 85.4 cm³/mol. The van der Waals surface area contributed by atoms with Crippen LogP contribution in [0.5, 0.6) is 0 Å². The van der Waals surface area contributed by atoms with Gasteiger partial charge in [-0.1, -0.05) is 13.8 Å². The molecular weight excluding hydrogens is 337 g/mol. The van der Waals surface area contributed by atoms with Gasteiger partial charge in [0.05, 0.1) is 17.9 Å². The Morgan fingerprint density at radius 2 is 2.00 bits per heavy atom. The van der Waals surface area contributed by atoms with E-state index in [-0.39, 0.29) is 12.5 Å². The number of rotatable bonds is 3. The van der Waals surface area contributed by atoms with Crippen LogP contribution in [0.15, 0.2) is 17.8 Å². The summed E-state index contributed by atoms with van der Waals surface area (Å²) in [6.45, 7) is 5.91. The number of H-pyrrole nitrogens is 1. The second-order valence-corrected chi connectivity index (χ2v) is 6.25. The van der Waals surface area contributed by atoms with Crippen molar-refractivity contribution in [2.24, 2.45) is 0 Å². The van der Waals surface area contributed by atoms with Crippen molar-refractivity contribution >= 4 is 11.8 Å². The first-order valence-corrected chi connectivity index (χ1v) is 7.99. The number of hydrogen-bond acceptors (Lipinski definition) is 4. The Hall–Kier alpha value is -2.25. The summed E-state index contributed by atoms with van der Waals surface area (Å²) in [6.07, 6.45) is -3.30. The molecule has 0 fully saturated rings. The van der Waals surface area contributed by atoms with Gasteiger partial charge >= 0.3 is 12.1 Å². The number of Topliss-reactive ketones (excluding diaryl/α,β-unsaturated/α-hetero) is 1. The van der Waals surface area contributed by atoms with Crippen LogP contribution in [-0.4, -0.2) is 48.0 Å². The zero-order valence-electron chi connectivity index (χ0n) is 14.5. The summed E-state index contributed by atoms with van der Waals surface area (Å²) >= 11 is 0. The van der Waals surface area contributed by atoms with Crippen LogP contribution >= 0.6 is 0 Å². The Morgan fingerprint density at radius 3 is 2.56 bits per heavy atom. The highest BCUT2D eigenvalue weighted by Crippen LogP contribution is 2.36. The first kappa shape index (κ1) is 19.1. The summed E-state index contributed by atoms with van der Waals surface area (Å²) in [6, 6.07) is 1.20. The van der Waals surface area contributed by atoms with Crippen molar-refractivity contribution in [1.82, 2.24) is 9.88 Å². The van der Waals surface area contributed by atoms with Gasteiger partial charge in [-0.2, -0.15) is 13.2 Å². The molecule has 1 N–H and O–H groups in total. The quantitative estimate of drug-likeness (QED) is 0.665. The molecule has 0 aliphatic carbocycles. The lowest BCUT2D eigenvalue weighted by molar-refractivity contribution is -0.138. The zero-order valence-corrected chi connectivity index (χ0v) is 14.5. The normalized spacial score (nSPS) is 23.2. The van der Waals surface area contributed by atoms with Gasteiger partial charge < -0.3 is 14.6 Å². The molecule has 0 bridgehead atoms. The summed E-state index contributed by atoms with van der Waals surface area (Å²) < 4.78 is 43.3.